The summed E-state index contributed by atoms with van der Waals surface area (Å²) in [5.41, 5.74) is 2.69. The first-order chi connectivity index (χ1) is 16.5. The van der Waals surface area contributed by atoms with E-state index in [9.17, 15) is 4.79 Å². The zero-order chi connectivity index (χ0) is 24.1. The number of carbonyl (C=O) groups excluding carboxylic acids is 1. The van der Waals surface area contributed by atoms with E-state index in [4.69, 9.17) is 14.5 Å². The topological polar surface area (TPSA) is 54.9 Å². The molecule has 6 nitrogen and oxygen atoms in total. The van der Waals surface area contributed by atoms with Crippen molar-refractivity contribution in [1.29, 1.82) is 0 Å². The van der Waals surface area contributed by atoms with Gasteiger partial charge in [0, 0.05) is 25.2 Å². The average Bonchev–Trinajstić information content (AvgIpc) is 3.27. The lowest BCUT2D eigenvalue weighted by Crippen LogP contribution is -2.40. The molecule has 35 heavy (non-hydrogen) atoms. The van der Waals surface area contributed by atoms with Crippen molar-refractivity contribution in [3.05, 3.63) is 83.9 Å². The fraction of sp³-hybridized carbons (Fsp3) is 0.259. The molecule has 0 aliphatic heterocycles. The Balaban J connectivity index is 0.00000342. The van der Waals surface area contributed by atoms with Crippen LogP contribution in [0.2, 0.25) is 0 Å². The number of ether oxygens (including phenoxy) is 2. The Hall–Kier alpha value is -3.13. The number of thiazole rings is 1. The Labute approximate surface area is 216 Å². The van der Waals surface area contributed by atoms with Crippen LogP contribution in [-0.4, -0.2) is 57.2 Å². The molecule has 0 N–H and O–H groups in total. The van der Waals surface area contributed by atoms with Gasteiger partial charge in [-0.25, -0.2) is 4.98 Å². The molecule has 0 bridgehead atoms. The van der Waals surface area contributed by atoms with Gasteiger partial charge in [0.1, 0.15) is 0 Å². The van der Waals surface area contributed by atoms with Gasteiger partial charge in [-0.1, -0.05) is 72.0 Å². The molecule has 4 aromatic rings. The summed E-state index contributed by atoms with van der Waals surface area (Å²) in [6, 6.07) is 23.6. The normalized spacial score (nSPS) is 10.9. The largest absolute Gasteiger partial charge is 0.493 e. The van der Waals surface area contributed by atoms with Crippen LogP contribution in [0.4, 0.5) is 5.13 Å². The van der Waals surface area contributed by atoms with Crippen LogP contribution in [0.15, 0.2) is 72.8 Å². The van der Waals surface area contributed by atoms with Crippen LogP contribution in [0.25, 0.3) is 10.2 Å². The zero-order valence-electron chi connectivity index (χ0n) is 20.3. The molecular weight excluding hydrogens is 482 g/mol. The van der Waals surface area contributed by atoms with E-state index in [0.29, 0.717) is 29.7 Å². The molecule has 4 rings (SSSR count). The average molecular weight is 512 g/mol. The van der Waals surface area contributed by atoms with E-state index >= 15 is 0 Å². The molecule has 184 valence electrons. The lowest BCUT2D eigenvalue weighted by atomic mass is 9.90. The molecule has 0 spiro atoms. The summed E-state index contributed by atoms with van der Waals surface area (Å²) in [5, 5.41) is 0.661. The predicted octanol–water partition coefficient (Wildman–Crippen LogP) is 5.46. The molecule has 1 aromatic heterocycles. The number of halogens is 1. The van der Waals surface area contributed by atoms with E-state index in [1.807, 2.05) is 91.8 Å². The number of hydrogen-bond donors (Lipinski definition) is 0. The highest BCUT2D eigenvalue weighted by Gasteiger charge is 2.30. The van der Waals surface area contributed by atoms with Crippen LogP contribution >= 0.6 is 23.7 Å². The van der Waals surface area contributed by atoms with Gasteiger partial charge in [-0.05, 0) is 25.2 Å². The molecule has 1 heterocycles. The van der Waals surface area contributed by atoms with Gasteiger partial charge in [0.05, 0.1) is 30.4 Å². The van der Waals surface area contributed by atoms with Gasteiger partial charge in [-0.2, -0.15) is 0 Å². The van der Waals surface area contributed by atoms with Crippen LogP contribution in [0.5, 0.6) is 11.5 Å². The molecular formula is C27H30ClN3O3S. The number of carbonyl (C=O) groups is 1. The van der Waals surface area contributed by atoms with Crippen molar-refractivity contribution >= 4 is 45.0 Å². The SMILES string of the molecule is COc1cc2nc(N(CCN(C)C)C(=O)C(c3ccccc3)c3ccccc3)sc2cc1OC.Cl. The number of methoxy groups -OCH3 is 2. The molecule has 1 amide bonds. The summed E-state index contributed by atoms with van der Waals surface area (Å²) in [5.74, 6) is 0.824. The fourth-order valence-electron chi connectivity index (χ4n) is 3.88. The quantitative estimate of drug-likeness (QED) is 0.298. The number of hydrogen-bond acceptors (Lipinski definition) is 6. The number of likely N-dealkylation sites (N-methyl/N-ethyl adjacent to an activating group) is 1. The number of benzene rings is 3. The van der Waals surface area contributed by atoms with E-state index in [2.05, 4.69) is 4.90 Å². The lowest BCUT2D eigenvalue weighted by molar-refractivity contribution is -0.119. The zero-order valence-corrected chi connectivity index (χ0v) is 21.9. The minimum atomic E-state index is -0.430. The van der Waals surface area contributed by atoms with E-state index < -0.39 is 5.92 Å². The van der Waals surface area contributed by atoms with Crippen molar-refractivity contribution in [1.82, 2.24) is 9.88 Å². The third-order valence-electron chi connectivity index (χ3n) is 5.66. The van der Waals surface area contributed by atoms with Gasteiger partial charge < -0.3 is 14.4 Å². The minimum absolute atomic E-state index is 0. The van der Waals surface area contributed by atoms with Crippen LogP contribution in [0, 0.1) is 0 Å². The highest BCUT2D eigenvalue weighted by atomic mass is 35.5. The second-order valence-electron chi connectivity index (χ2n) is 8.22. The second-order valence-corrected chi connectivity index (χ2v) is 9.23. The summed E-state index contributed by atoms with van der Waals surface area (Å²) in [6.07, 6.45) is 0. The second kappa shape index (κ2) is 12.0. The number of anilines is 1. The maximum Gasteiger partial charge on any atom is 0.240 e. The van der Waals surface area contributed by atoms with Gasteiger partial charge in [-0.15, -0.1) is 12.4 Å². The van der Waals surface area contributed by atoms with Crippen molar-refractivity contribution in [2.45, 2.75) is 5.92 Å². The fourth-order valence-corrected chi connectivity index (χ4v) is 4.89. The number of amides is 1. The van der Waals surface area contributed by atoms with Crippen molar-refractivity contribution < 1.29 is 14.3 Å². The van der Waals surface area contributed by atoms with Crippen molar-refractivity contribution in [2.24, 2.45) is 0 Å². The molecule has 0 atom stereocenters. The smallest absolute Gasteiger partial charge is 0.240 e. The molecule has 0 radical (unpaired) electrons. The molecule has 8 heteroatoms. The first kappa shape index (κ1) is 26.5. The van der Waals surface area contributed by atoms with Crippen molar-refractivity contribution in [3.63, 3.8) is 0 Å². The number of aromatic nitrogens is 1. The van der Waals surface area contributed by atoms with Gasteiger partial charge in [0.2, 0.25) is 5.91 Å². The minimum Gasteiger partial charge on any atom is -0.493 e. The lowest BCUT2D eigenvalue weighted by Gasteiger charge is -2.27. The predicted molar refractivity (Wildman–Crippen MR) is 146 cm³/mol. The molecule has 0 fully saturated rings. The summed E-state index contributed by atoms with van der Waals surface area (Å²) >= 11 is 1.48. The third kappa shape index (κ3) is 5.93. The molecule has 0 aliphatic carbocycles. The first-order valence-corrected chi connectivity index (χ1v) is 11.9. The maximum atomic E-state index is 14.2. The van der Waals surface area contributed by atoms with Crippen molar-refractivity contribution in [2.75, 3.05) is 46.3 Å². The van der Waals surface area contributed by atoms with E-state index in [0.717, 1.165) is 21.3 Å². The number of nitrogens with zero attached hydrogens (tertiary/aromatic N) is 3. The molecule has 0 unspecified atom stereocenters. The Morgan fingerprint density at radius 1 is 0.886 bits per heavy atom. The van der Waals surface area contributed by atoms with E-state index in [1.54, 1.807) is 14.2 Å². The Morgan fingerprint density at radius 2 is 1.43 bits per heavy atom. The number of rotatable bonds is 9. The number of fused-ring (bicyclic) bond motifs is 1. The molecule has 3 aromatic carbocycles. The summed E-state index contributed by atoms with van der Waals surface area (Å²) in [6.45, 7) is 1.24. The van der Waals surface area contributed by atoms with Gasteiger partial charge in [0.15, 0.2) is 16.6 Å². The van der Waals surface area contributed by atoms with Crippen molar-refractivity contribution in [3.8, 4) is 11.5 Å². The molecule has 0 saturated carbocycles. The summed E-state index contributed by atoms with van der Waals surface area (Å²) < 4.78 is 11.8. The van der Waals surface area contributed by atoms with Crippen LogP contribution < -0.4 is 14.4 Å². The highest BCUT2D eigenvalue weighted by Crippen LogP contribution is 2.38. The van der Waals surface area contributed by atoms with Crippen LogP contribution in [0.1, 0.15) is 17.0 Å². The first-order valence-electron chi connectivity index (χ1n) is 11.1. The van der Waals surface area contributed by atoms with Gasteiger partial charge in [-0.3, -0.25) is 9.69 Å². The maximum absolute atomic E-state index is 14.2. The summed E-state index contributed by atoms with van der Waals surface area (Å²) in [7, 11) is 7.22. The molecule has 0 aliphatic rings. The van der Waals surface area contributed by atoms with E-state index in [-0.39, 0.29) is 18.3 Å². The van der Waals surface area contributed by atoms with Crippen LogP contribution in [-0.2, 0) is 4.79 Å². The van der Waals surface area contributed by atoms with Gasteiger partial charge in [0.25, 0.3) is 0 Å². The Morgan fingerprint density at radius 3 is 1.94 bits per heavy atom. The van der Waals surface area contributed by atoms with E-state index in [1.165, 1.54) is 11.3 Å². The standard InChI is InChI=1S/C27H29N3O3S.ClH/c1-29(2)15-16-30(27-28-21-17-22(32-3)23(33-4)18-24(21)34-27)26(31)25(19-11-7-5-8-12-19)20-13-9-6-10-14-20;/h5-14,17-18,25H,15-16H2,1-4H3;1H. The van der Waals surface area contributed by atoms with Gasteiger partial charge >= 0.3 is 0 Å². The monoisotopic (exact) mass is 511 g/mol. The Kier molecular flexibility index (Phi) is 9.09. The van der Waals surface area contributed by atoms with Crippen LogP contribution in [0.3, 0.4) is 0 Å². The highest BCUT2D eigenvalue weighted by molar-refractivity contribution is 7.22. The molecule has 0 saturated heterocycles. The third-order valence-corrected chi connectivity index (χ3v) is 6.70. The Bertz CT molecular complexity index is 1170. The summed E-state index contributed by atoms with van der Waals surface area (Å²) in [4.78, 5) is 22.9.